The molecule has 2 nitrogen and oxygen atoms in total. The highest BCUT2D eigenvalue weighted by Crippen LogP contribution is 2.42. The van der Waals surface area contributed by atoms with Crippen LogP contribution < -0.4 is 5.32 Å². The maximum Gasteiger partial charge on any atom is 0.109 e. The summed E-state index contributed by atoms with van der Waals surface area (Å²) < 4.78 is 8.18. The van der Waals surface area contributed by atoms with Crippen LogP contribution in [0.2, 0.25) is 0 Å². The lowest BCUT2D eigenvalue weighted by atomic mass is 9.75. The number of hydrogen-bond donors (Lipinski definition) is 1. The number of aryl methyl sites for hydroxylation is 1. The van der Waals surface area contributed by atoms with Crippen LogP contribution in [0.1, 0.15) is 48.3 Å². The fourth-order valence-electron chi connectivity index (χ4n) is 3.07. The van der Waals surface area contributed by atoms with Gasteiger partial charge in [-0.15, -0.1) is 11.3 Å². The third kappa shape index (κ3) is 3.46. The van der Waals surface area contributed by atoms with E-state index in [1.54, 1.807) is 11.3 Å². The Balaban J connectivity index is 1.78. The highest BCUT2D eigenvalue weighted by Gasteiger charge is 2.34. The van der Waals surface area contributed by atoms with Crippen molar-refractivity contribution >= 4 is 43.2 Å². The van der Waals surface area contributed by atoms with Crippen LogP contribution in [-0.4, -0.2) is 0 Å². The summed E-state index contributed by atoms with van der Waals surface area (Å²) in [5, 5.41) is 3.71. The molecule has 21 heavy (non-hydrogen) atoms. The van der Waals surface area contributed by atoms with E-state index in [2.05, 4.69) is 63.2 Å². The van der Waals surface area contributed by atoms with Gasteiger partial charge in [0.15, 0.2) is 0 Å². The van der Waals surface area contributed by atoms with Gasteiger partial charge in [-0.3, -0.25) is 0 Å². The minimum atomic E-state index is 0.283. The monoisotopic (exact) mass is 431 g/mol. The Hall–Kier alpha value is -0.1000. The molecule has 1 unspecified atom stereocenters. The molecule has 0 bridgehead atoms. The number of furan rings is 1. The van der Waals surface area contributed by atoms with Crippen LogP contribution in [0.25, 0.3) is 0 Å². The average molecular weight is 433 g/mol. The van der Waals surface area contributed by atoms with Gasteiger partial charge in [0.2, 0.25) is 0 Å². The summed E-state index contributed by atoms with van der Waals surface area (Å²) in [6, 6.07) is 4.75. The molecular formula is C16H19Br2NOS. The molecule has 3 rings (SSSR count). The van der Waals surface area contributed by atoms with Crippen LogP contribution in [0, 0.1) is 12.3 Å². The fourth-order valence-corrected chi connectivity index (χ4v) is 5.20. The summed E-state index contributed by atoms with van der Waals surface area (Å²) in [7, 11) is 0. The number of halogens is 2. The number of hydrogen-bond acceptors (Lipinski definition) is 3. The van der Waals surface area contributed by atoms with Crippen molar-refractivity contribution in [3.8, 4) is 0 Å². The van der Waals surface area contributed by atoms with E-state index in [0.29, 0.717) is 6.04 Å². The predicted molar refractivity (Wildman–Crippen MR) is 94.8 cm³/mol. The van der Waals surface area contributed by atoms with Crippen molar-refractivity contribution in [3.63, 3.8) is 0 Å². The number of thiophene rings is 1. The first-order chi connectivity index (χ1) is 9.84. The van der Waals surface area contributed by atoms with Crippen molar-refractivity contribution in [2.75, 3.05) is 0 Å². The maximum atomic E-state index is 5.89. The second kappa shape index (κ2) is 5.84. The summed E-state index contributed by atoms with van der Waals surface area (Å²) in [6.07, 6.45) is 2.18. The standard InChI is InChI=1S/C16H19Br2NOS/c1-9-4-11-13(6-16(2,3)7-14(11)20-9)19-8-10-5-12(17)15(18)21-10/h4-5,13,19H,6-8H2,1-3H3. The average Bonchev–Trinajstić information content (AvgIpc) is 2.88. The first-order valence-electron chi connectivity index (χ1n) is 7.10. The van der Waals surface area contributed by atoms with Gasteiger partial charge in [0.25, 0.3) is 0 Å². The van der Waals surface area contributed by atoms with Crippen LogP contribution in [0.15, 0.2) is 24.8 Å². The van der Waals surface area contributed by atoms with E-state index in [1.165, 1.54) is 10.4 Å². The van der Waals surface area contributed by atoms with Crippen molar-refractivity contribution in [1.82, 2.24) is 5.32 Å². The molecule has 0 fully saturated rings. The fraction of sp³-hybridized carbons (Fsp3) is 0.500. The van der Waals surface area contributed by atoms with Gasteiger partial charge in [0.1, 0.15) is 11.5 Å². The highest BCUT2D eigenvalue weighted by atomic mass is 79.9. The van der Waals surface area contributed by atoms with Crippen LogP contribution in [0.5, 0.6) is 0 Å². The van der Waals surface area contributed by atoms with E-state index in [4.69, 9.17) is 4.42 Å². The Bertz CT molecular complexity index is 640. The van der Waals surface area contributed by atoms with Crippen molar-refractivity contribution < 1.29 is 4.42 Å². The van der Waals surface area contributed by atoms with Crippen LogP contribution in [-0.2, 0) is 13.0 Å². The Labute approximate surface area is 146 Å². The van der Waals surface area contributed by atoms with E-state index in [1.807, 2.05) is 6.92 Å². The molecule has 0 aliphatic heterocycles. The van der Waals surface area contributed by atoms with Crippen molar-refractivity contribution in [1.29, 1.82) is 0 Å². The molecule has 2 heterocycles. The first kappa shape index (κ1) is 15.8. The van der Waals surface area contributed by atoms with E-state index in [-0.39, 0.29) is 5.41 Å². The molecule has 0 radical (unpaired) electrons. The second-order valence-electron chi connectivity index (χ2n) is 6.55. The topological polar surface area (TPSA) is 25.2 Å². The van der Waals surface area contributed by atoms with Crippen molar-refractivity contribution in [3.05, 3.63) is 42.4 Å². The minimum Gasteiger partial charge on any atom is -0.466 e. The lowest BCUT2D eigenvalue weighted by Gasteiger charge is -2.34. The quantitative estimate of drug-likeness (QED) is 0.645. The normalized spacial score (nSPS) is 20.5. The highest BCUT2D eigenvalue weighted by molar-refractivity contribution is 9.13. The molecule has 0 saturated carbocycles. The number of fused-ring (bicyclic) bond motifs is 1. The van der Waals surface area contributed by atoms with Gasteiger partial charge in [-0.05, 0) is 62.8 Å². The molecule has 0 saturated heterocycles. The van der Waals surface area contributed by atoms with Crippen molar-refractivity contribution in [2.45, 2.75) is 46.2 Å². The van der Waals surface area contributed by atoms with E-state index >= 15 is 0 Å². The molecule has 1 atom stereocenters. The molecule has 5 heteroatoms. The molecule has 0 amide bonds. The largest absolute Gasteiger partial charge is 0.466 e. The lowest BCUT2D eigenvalue weighted by molar-refractivity contribution is 0.234. The third-order valence-corrected chi connectivity index (χ3v) is 7.21. The smallest absolute Gasteiger partial charge is 0.109 e. The minimum absolute atomic E-state index is 0.283. The Morgan fingerprint density at radius 1 is 1.38 bits per heavy atom. The molecule has 2 aromatic rings. The Morgan fingerprint density at radius 3 is 2.81 bits per heavy atom. The van der Waals surface area contributed by atoms with Gasteiger partial charge in [-0.25, -0.2) is 0 Å². The SMILES string of the molecule is Cc1cc2c(o1)CC(C)(C)CC2NCc1cc(Br)c(Br)s1. The molecular weight excluding hydrogens is 414 g/mol. The number of rotatable bonds is 3. The Kier molecular flexibility index (Phi) is 4.39. The molecule has 0 spiro atoms. The van der Waals surface area contributed by atoms with Crippen LogP contribution >= 0.6 is 43.2 Å². The van der Waals surface area contributed by atoms with Crippen LogP contribution in [0.4, 0.5) is 0 Å². The Morgan fingerprint density at radius 2 is 2.14 bits per heavy atom. The molecule has 1 aliphatic rings. The summed E-state index contributed by atoms with van der Waals surface area (Å²) in [5.74, 6) is 2.18. The maximum absolute atomic E-state index is 5.89. The third-order valence-electron chi connectivity index (χ3n) is 3.96. The van der Waals surface area contributed by atoms with E-state index in [0.717, 1.165) is 39.2 Å². The van der Waals surface area contributed by atoms with E-state index < -0.39 is 0 Å². The molecule has 1 aliphatic carbocycles. The molecule has 2 aromatic heterocycles. The van der Waals surface area contributed by atoms with Gasteiger partial charge in [0, 0.05) is 33.9 Å². The van der Waals surface area contributed by atoms with Crippen LogP contribution in [0.3, 0.4) is 0 Å². The zero-order valence-corrected chi connectivity index (χ0v) is 16.4. The van der Waals surface area contributed by atoms with Gasteiger partial charge in [-0.1, -0.05) is 13.8 Å². The van der Waals surface area contributed by atoms with E-state index in [9.17, 15) is 0 Å². The second-order valence-corrected chi connectivity index (χ2v) is 9.86. The summed E-state index contributed by atoms with van der Waals surface area (Å²) in [6.45, 7) is 7.57. The van der Waals surface area contributed by atoms with Gasteiger partial charge in [-0.2, -0.15) is 0 Å². The first-order valence-corrected chi connectivity index (χ1v) is 9.51. The summed E-state index contributed by atoms with van der Waals surface area (Å²) in [5.41, 5.74) is 1.63. The van der Waals surface area contributed by atoms with Gasteiger partial charge in [0.05, 0.1) is 3.79 Å². The number of nitrogens with one attached hydrogen (secondary N) is 1. The summed E-state index contributed by atoms with van der Waals surface area (Å²) >= 11 is 8.88. The zero-order valence-electron chi connectivity index (χ0n) is 12.4. The summed E-state index contributed by atoms with van der Waals surface area (Å²) in [4.78, 5) is 1.33. The molecule has 114 valence electrons. The van der Waals surface area contributed by atoms with Crippen molar-refractivity contribution in [2.24, 2.45) is 5.41 Å². The molecule has 1 N–H and O–H groups in total. The lowest BCUT2D eigenvalue weighted by Crippen LogP contribution is -2.32. The van der Waals surface area contributed by atoms with Gasteiger partial charge < -0.3 is 9.73 Å². The predicted octanol–water partition coefficient (Wildman–Crippen LogP) is 5.98. The van der Waals surface area contributed by atoms with Gasteiger partial charge >= 0.3 is 0 Å². The molecule has 0 aromatic carbocycles. The zero-order chi connectivity index (χ0) is 15.2.